The summed E-state index contributed by atoms with van der Waals surface area (Å²) in [4.78, 5) is 12.5. The Morgan fingerprint density at radius 3 is 2.74 bits per heavy atom. The number of nitrogens with one attached hydrogen (secondary N) is 2. The molecule has 4 heteroatoms. The number of aryl methyl sites for hydroxylation is 1. The second-order valence-corrected chi connectivity index (χ2v) is 5.30. The number of hydrogen-bond donors (Lipinski definition) is 2. The maximum atomic E-state index is 13.3. The molecule has 1 fully saturated rings. The Hall–Kier alpha value is -1.42. The van der Waals surface area contributed by atoms with Crippen molar-refractivity contribution in [2.75, 3.05) is 18.4 Å². The Bertz CT molecular complexity index is 467. The van der Waals surface area contributed by atoms with Crippen LogP contribution in [0.25, 0.3) is 0 Å². The van der Waals surface area contributed by atoms with Gasteiger partial charge in [-0.2, -0.15) is 0 Å². The molecule has 3 nitrogen and oxygen atoms in total. The number of rotatable bonds is 3. The molecule has 1 aromatic rings. The first-order valence-corrected chi connectivity index (χ1v) is 6.86. The Kier molecular flexibility index (Phi) is 4.20. The third-order valence-electron chi connectivity index (χ3n) is 4.17. The molecule has 0 atom stereocenters. The van der Waals surface area contributed by atoms with Gasteiger partial charge >= 0.3 is 0 Å². The average Bonchev–Trinajstić information content (AvgIpc) is 2.43. The number of amides is 1. The largest absolute Gasteiger partial charge is 0.325 e. The Morgan fingerprint density at radius 2 is 2.11 bits per heavy atom. The average molecular weight is 264 g/mol. The summed E-state index contributed by atoms with van der Waals surface area (Å²) in [6.45, 7) is 5.65. The third-order valence-corrected chi connectivity index (χ3v) is 4.17. The summed E-state index contributed by atoms with van der Waals surface area (Å²) in [6, 6.07) is 4.48. The first kappa shape index (κ1) is 14.0. The van der Waals surface area contributed by atoms with Gasteiger partial charge in [-0.05, 0) is 57.0 Å². The second-order valence-electron chi connectivity index (χ2n) is 5.30. The summed E-state index contributed by atoms with van der Waals surface area (Å²) in [5.74, 6) is -0.304. The summed E-state index contributed by atoms with van der Waals surface area (Å²) in [5.41, 5.74) is 1.15. The van der Waals surface area contributed by atoms with Crippen molar-refractivity contribution in [3.63, 3.8) is 0 Å². The highest BCUT2D eigenvalue weighted by Gasteiger charge is 2.37. The van der Waals surface area contributed by atoms with E-state index in [-0.39, 0.29) is 17.1 Å². The van der Waals surface area contributed by atoms with Gasteiger partial charge in [0.1, 0.15) is 5.82 Å². The van der Waals surface area contributed by atoms with Crippen LogP contribution in [-0.4, -0.2) is 19.0 Å². The van der Waals surface area contributed by atoms with Crippen LogP contribution in [0, 0.1) is 18.2 Å². The minimum absolute atomic E-state index is 0.0187. The van der Waals surface area contributed by atoms with Crippen molar-refractivity contribution in [1.29, 1.82) is 0 Å². The molecule has 0 radical (unpaired) electrons. The number of piperidine rings is 1. The van der Waals surface area contributed by atoms with E-state index in [2.05, 4.69) is 10.6 Å². The SMILES string of the molecule is CCC1(C(=O)Nc2cc(F)ccc2C)CCNCC1. The first-order valence-electron chi connectivity index (χ1n) is 6.86. The summed E-state index contributed by atoms with van der Waals surface area (Å²) in [7, 11) is 0. The Balaban J connectivity index is 2.17. The highest BCUT2D eigenvalue weighted by atomic mass is 19.1. The molecule has 1 amide bonds. The lowest BCUT2D eigenvalue weighted by Crippen LogP contribution is -2.44. The normalized spacial score (nSPS) is 18.1. The van der Waals surface area contributed by atoms with Crippen molar-refractivity contribution in [2.45, 2.75) is 33.1 Å². The zero-order valence-electron chi connectivity index (χ0n) is 11.6. The van der Waals surface area contributed by atoms with Crippen LogP contribution in [0.3, 0.4) is 0 Å². The molecule has 1 saturated heterocycles. The van der Waals surface area contributed by atoms with E-state index < -0.39 is 0 Å². The van der Waals surface area contributed by atoms with Gasteiger partial charge in [-0.25, -0.2) is 4.39 Å². The van der Waals surface area contributed by atoms with Crippen molar-refractivity contribution in [3.8, 4) is 0 Å². The zero-order valence-corrected chi connectivity index (χ0v) is 11.6. The smallest absolute Gasteiger partial charge is 0.230 e. The van der Waals surface area contributed by atoms with Crippen LogP contribution in [0.4, 0.5) is 10.1 Å². The van der Waals surface area contributed by atoms with Crippen molar-refractivity contribution >= 4 is 11.6 Å². The van der Waals surface area contributed by atoms with Gasteiger partial charge in [0, 0.05) is 5.69 Å². The standard InChI is InChI=1S/C15H21FN2O/c1-3-15(6-8-17-9-7-15)14(19)18-13-10-12(16)5-4-11(13)2/h4-5,10,17H,3,6-9H2,1-2H3,(H,18,19). The van der Waals surface area contributed by atoms with E-state index in [1.807, 2.05) is 13.8 Å². The molecule has 2 N–H and O–H groups in total. The molecule has 0 unspecified atom stereocenters. The van der Waals surface area contributed by atoms with Gasteiger partial charge < -0.3 is 10.6 Å². The maximum Gasteiger partial charge on any atom is 0.230 e. The van der Waals surface area contributed by atoms with E-state index in [4.69, 9.17) is 0 Å². The predicted molar refractivity (Wildman–Crippen MR) is 74.6 cm³/mol. The number of anilines is 1. The molecule has 19 heavy (non-hydrogen) atoms. The molecule has 0 aromatic heterocycles. The van der Waals surface area contributed by atoms with Crippen LogP contribution in [0.2, 0.25) is 0 Å². The van der Waals surface area contributed by atoms with Gasteiger partial charge in [0.25, 0.3) is 0 Å². The summed E-state index contributed by atoms with van der Waals surface area (Å²) in [6.07, 6.45) is 2.49. The monoisotopic (exact) mass is 264 g/mol. The molecule has 0 bridgehead atoms. The lowest BCUT2D eigenvalue weighted by atomic mass is 9.76. The second kappa shape index (κ2) is 5.70. The molecule has 0 spiro atoms. The lowest BCUT2D eigenvalue weighted by Gasteiger charge is -2.35. The molecular weight excluding hydrogens is 243 g/mol. The van der Waals surface area contributed by atoms with Gasteiger partial charge in [-0.15, -0.1) is 0 Å². The van der Waals surface area contributed by atoms with Crippen molar-refractivity contribution in [3.05, 3.63) is 29.6 Å². The summed E-state index contributed by atoms with van der Waals surface area (Å²) in [5, 5.41) is 6.18. The van der Waals surface area contributed by atoms with E-state index in [0.717, 1.165) is 37.9 Å². The fourth-order valence-electron chi connectivity index (χ4n) is 2.63. The first-order chi connectivity index (χ1) is 9.07. The number of hydrogen-bond acceptors (Lipinski definition) is 2. The van der Waals surface area contributed by atoms with E-state index in [9.17, 15) is 9.18 Å². The summed E-state index contributed by atoms with van der Waals surface area (Å²) >= 11 is 0. The maximum absolute atomic E-state index is 13.3. The predicted octanol–water partition coefficient (Wildman–Crippen LogP) is 2.85. The van der Waals surface area contributed by atoms with Crippen LogP contribution >= 0.6 is 0 Å². The lowest BCUT2D eigenvalue weighted by molar-refractivity contribution is -0.127. The zero-order chi connectivity index (χ0) is 13.9. The topological polar surface area (TPSA) is 41.1 Å². The number of halogens is 1. The molecule has 1 aliphatic heterocycles. The molecular formula is C15H21FN2O. The highest BCUT2D eigenvalue weighted by Crippen LogP contribution is 2.34. The van der Waals surface area contributed by atoms with Gasteiger partial charge in [-0.1, -0.05) is 13.0 Å². The van der Waals surface area contributed by atoms with Crippen LogP contribution in [0.5, 0.6) is 0 Å². The number of carbonyl (C=O) groups is 1. The number of benzene rings is 1. The summed E-state index contributed by atoms with van der Waals surface area (Å²) < 4.78 is 13.3. The molecule has 0 aliphatic carbocycles. The van der Waals surface area contributed by atoms with Crippen molar-refractivity contribution in [1.82, 2.24) is 5.32 Å². The third kappa shape index (κ3) is 2.95. The van der Waals surface area contributed by atoms with Gasteiger partial charge in [0.2, 0.25) is 5.91 Å². The van der Waals surface area contributed by atoms with Crippen molar-refractivity contribution < 1.29 is 9.18 Å². The minimum Gasteiger partial charge on any atom is -0.325 e. The fourth-order valence-corrected chi connectivity index (χ4v) is 2.63. The van der Waals surface area contributed by atoms with E-state index in [1.165, 1.54) is 12.1 Å². The van der Waals surface area contributed by atoms with E-state index >= 15 is 0 Å². The van der Waals surface area contributed by atoms with Crippen LogP contribution in [0.1, 0.15) is 31.7 Å². The van der Waals surface area contributed by atoms with Gasteiger partial charge in [-0.3, -0.25) is 4.79 Å². The fraction of sp³-hybridized carbons (Fsp3) is 0.533. The molecule has 104 valence electrons. The molecule has 1 aliphatic rings. The van der Waals surface area contributed by atoms with Gasteiger partial charge in [0.05, 0.1) is 5.41 Å². The van der Waals surface area contributed by atoms with Crippen LogP contribution < -0.4 is 10.6 Å². The quantitative estimate of drug-likeness (QED) is 0.881. The van der Waals surface area contributed by atoms with E-state index in [0.29, 0.717) is 5.69 Å². The Labute approximate surface area is 113 Å². The highest BCUT2D eigenvalue weighted by molar-refractivity contribution is 5.96. The van der Waals surface area contributed by atoms with Crippen LogP contribution in [-0.2, 0) is 4.79 Å². The van der Waals surface area contributed by atoms with Gasteiger partial charge in [0.15, 0.2) is 0 Å². The van der Waals surface area contributed by atoms with E-state index in [1.54, 1.807) is 6.07 Å². The Morgan fingerprint density at radius 1 is 1.42 bits per heavy atom. The van der Waals surface area contributed by atoms with Crippen LogP contribution in [0.15, 0.2) is 18.2 Å². The molecule has 0 saturated carbocycles. The van der Waals surface area contributed by atoms with Crippen molar-refractivity contribution in [2.24, 2.45) is 5.41 Å². The molecule has 1 heterocycles. The molecule has 2 rings (SSSR count). The minimum atomic E-state index is -0.322. The number of carbonyl (C=O) groups excluding carboxylic acids is 1. The molecule has 1 aromatic carbocycles.